The smallest absolute Gasteiger partial charge is 0.227 e. The van der Waals surface area contributed by atoms with E-state index in [-0.39, 0.29) is 29.8 Å². The van der Waals surface area contributed by atoms with Gasteiger partial charge in [0.25, 0.3) is 0 Å². The number of amides is 1. The van der Waals surface area contributed by atoms with Gasteiger partial charge in [0.15, 0.2) is 0 Å². The molecule has 4 heteroatoms. The van der Waals surface area contributed by atoms with Gasteiger partial charge >= 0.3 is 0 Å². The fourth-order valence-electron chi connectivity index (χ4n) is 3.49. The van der Waals surface area contributed by atoms with Gasteiger partial charge in [-0.05, 0) is 43.4 Å². The Morgan fingerprint density at radius 1 is 1.26 bits per heavy atom. The van der Waals surface area contributed by atoms with E-state index in [0.29, 0.717) is 19.3 Å². The van der Waals surface area contributed by atoms with Crippen molar-refractivity contribution in [2.24, 2.45) is 0 Å². The number of hydrogen-bond donors (Lipinski definition) is 2. The van der Waals surface area contributed by atoms with Crippen molar-refractivity contribution in [1.82, 2.24) is 4.90 Å². The summed E-state index contributed by atoms with van der Waals surface area (Å²) in [7, 11) is 0. The molecule has 0 saturated carbocycles. The zero-order valence-electron chi connectivity index (χ0n) is 10.8. The lowest BCUT2D eigenvalue weighted by Crippen LogP contribution is -2.48. The van der Waals surface area contributed by atoms with Gasteiger partial charge in [0.05, 0.1) is 12.5 Å². The molecule has 1 aromatic carbocycles. The van der Waals surface area contributed by atoms with Gasteiger partial charge < -0.3 is 15.1 Å². The molecule has 2 saturated heterocycles. The number of aliphatic hydroxyl groups excluding tert-OH is 1. The second-order valence-corrected chi connectivity index (χ2v) is 5.66. The van der Waals surface area contributed by atoms with Crippen molar-refractivity contribution >= 4 is 5.91 Å². The van der Waals surface area contributed by atoms with Gasteiger partial charge in [-0.25, -0.2) is 0 Å². The molecule has 1 aromatic rings. The number of aliphatic hydroxyl groups is 1. The van der Waals surface area contributed by atoms with Gasteiger partial charge in [-0.1, -0.05) is 12.1 Å². The molecule has 2 bridgehead atoms. The summed E-state index contributed by atoms with van der Waals surface area (Å²) in [4.78, 5) is 14.4. The molecule has 102 valence electrons. The average Bonchev–Trinajstić information content (AvgIpc) is 2.62. The van der Waals surface area contributed by atoms with E-state index in [1.807, 2.05) is 11.0 Å². The van der Waals surface area contributed by atoms with Crippen LogP contribution in [0.2, 0.25) is 0 Å². The molecule has 19 heavy (non-hydrogen) atoms. The van der Waals surface area contributed by atoms with Gasteiger partial charge in [-0.3, -0.25) is 4.79 Å². The standard InChI is InChI=1S/C15H19NO3/c17-13-3-1-2-10(6-13)7-15(19)16-11-4-5-12(16)9-14(18)8-11/h1-3,6,11-12,14,17-18H,4-5,7-9H2. The van der Waals surface area contributed by atoms with E-state index in [4.69, 9.17) is 0 Å². The third-order valence-electron chi connectivity index (χ3n) is 4.26. The second kappa shape index (κ2) is 4.85. The fraction of sp³-hybridized carbons (Fsp3) is 0.533. The Balaban J connectivity index is 1.71. The van der Waals surface area contributed by atoms with Crippen LogP contribution in [0, 0.1) is 0 Å². The van der Waals surface area contributed by atoms with Crippen LogP contribution in [-0.4, -0.2) is 39.2 Å². The first kappa shape index (κ1) is 12.5. The zero-order valence-corrected chi connectivity index (χ0v) is 10.8. The van der Waals surface area contributed by atoms with E-state index in [0.717, 1.165) is 18.4 Å². The number of fused-ring (bicyclic) bond motifs is 2. The highest BCUT2D eigenvalue weighted by Gasteiger charge is 2.42. The molecular formula is C15H19NO3. The van der Waals surface area contributed by atoms with Crippen LogP contribution in [0.3, 0.4) is 0 Å². The number of hydrogen-bond acceptors (Lipinski definition) is 3. The number of carbonyl (C=O) groups excluding carboxylic acids is 1. The van der Waals surface area contributed by atoms with Gasteiger partial charge in [-0.15, -0.1) is 0 Å². The van der Waals surface area contributed by atoms with Crippen molar-refractivity contribution in [3.05, 3.63) is 29.8 Å². The quantitative estimate of drug-likeness (QED) is 0.847. The summed E-state index contributed by atoms with van der Waals surface area (Å²) < 4.78 is 0. The van der Waals surface area contributed by atoms with Crippen molar-refractivity contribution in [2.75, 3.05) is 0 Å². The molecule has 4 nitrogen and oxygen atoms in total. The van der Waals surface area contributed by atoms with Gasteiger partial charge in [0, 0.05) is 12.1 Å². The lowest BCUT2D eigenvalue weighted by molar-refractivity contribution is -0.136. The summed E-state index contributed by atoms with van der Waals surface area (Å²) in [5.74, 6) is 0.312. The Morgan fingerprint density at radius 3 is 2.58 bits per heavy atom. The zero-order chi connectivity index (χ0) is 13.4. The highest BCUT2D eigenvalue weighted by atomic mass is 16.3. The molecule has 2 heterocycles. The van der Waals surface area contributed by atoms with Gasteiger partial charge in [-0.2, -0.15) is 0 Å². The third kappa shape index (κ3) is 2.45. The number of benzene rings is 1. The summed E-state index contributed by atoms with van der Waals surface area (Å²) >= 11 is 0. The van der Waals surface area contributed by atoms with E-state index < -0.39 is 0 Å². The minimum Gasteiger partial charge on any atom is -0.508 e. The van der Waals surface area contributed by atoms with Crippen LogP contribution >= 0.6 is 0 Å². The molecule has 2 aliphatic rings. The van der Waals surface area contributed by atoms with Crippen LogP contribution in [0.5, 0.6) is 5.75 Å². The van der Waals surface area contributed by atoms with Crippen molar-refractivity contribution < 1.29 is 15.0 Å². The predicted molar refractivity (Wildman–Crippen MR) is 70.7 cm³/mol. The molecular weight excluding hydrogens is 242 g/mol. The number of rotatable bonds is 2. The first-order valence-corrected chi connectivity index (χ1v) is 6.90. The number of piperidine rings is 1. The first-order chi connectivity index (χ1) is 9.13. The van der Waals surface area contributed by atoms with Crippen LogP contribution < -0.4 is 0 Å². The molecule has 1 amide bonds. The first-order valence-electron chi connectivity index (χ1n) is 6.90. The Hall–Kier alpha value is -1.55. The molecule has 0 spiro atoms. The Kier molecular flexibility index (Phi) is 3.19. The summed E-state index contributed by atoms with van der Waals surface area (Å²) in [5, 5.41) is 19.2. The fourth-order valence-corrected chi connectivity index (χ4v) is 3.49. The normalized spacial score (nSPS) is 29.5. The molecule has 2 unspecified atom stereocenters. The van der Waals surface area contributed by atoms with Gasteiger partial charge in [0.2, 0.25) is 5.91 Å². The molecule has 2 fully saturated rings. The maximum atomic E-state index is 12.4. The van der Waals surface area contributed by atoms with Crippen molar-refractivity contribution in [3.8, 4) is 5.75 Å². The van der Waals surface area contributed by atoms with E-state index in [1.54, 1.807) is 18.2 Å². The van der Waals surface area contributed by atoms with E-state index >= 15 is 0 Å². The lowest BCUT2D eigenvalue weighted by Gasteiger charge is -2.37. The summed E-state index contributed by atoms with van der Waals surface area (Å²) in [6, 6.07) is 7.27. The monoisotopic (exact) mass is 261 g/mol. The van der Waals surface area contributed by atoms with E-state index in [2.05, 4.69) is 0 Å². The minimum absolute atomic E-state index is 0.116. The molecule has 2 aliphatic heterocycles. The highest BCUT2D eigenvalue weighted by molar-refractivity contribution is 5.80. The third-order valence-corrected chi connectivity index (χ3v) is 4.26. The average molecular weight is 261 g/mol. The van der Waals surface area contributed by atoms with Crippen LogP contribution in [0.15, 0.2) is 24.3 Å². The van der Waals surface area contributed by atoms with Crippen LogP contribution in [-0.2, 0) is 11.2 Å². The van der Waals surface area contributed by atoms with E-state index in [1.165, 1.54) is 0 Å². The number of carbonyl (C=O) groups is 1. The number of aromatic hydroxyl groups is 1. The number of nitrogens with zero attached hydrogens (tertiary/aromatic N) is 1. The Labute approximate surface area is 112 Å². The highest BCUT2D eigenvalue weighted by Crippen LogP contribution is 2.36. The molecule has 0 aliphatic carbocycles. The molecule has 2 atom stereocenters. The van der Waals surface area contributed by atoms with Gasteiger partial charge in [0.1, 0.15) is 5.75 Å². The summed E-state index contributed by atoms with van der Waals surface area (Å²) in [6.07, 6.45) is 3.52. The molecule has 3 rings (SSSR count). The van der Waals surface area contributed by atoms with Crippen LogP contribution in [0.4, 0.5) is 0 Å². The summed E-state index contributed by atoms with van der Waals surface area (Å²) in [6.45, 7) is 0. The SMILES string of the molecule is O=C(Cc1cccc(O)c1)N1C2CCC1CC(O)C2. The molecule has 2 N–H and O–H groups in total. The minimum atomic E-state index is -0.248. The number of phenolic OH excluding ortho intramolecular Hbond substituents is 1. The predicted octanol–water partition coefficient (Wildman–Crippen LogP) is 1.45. The second-order valence-electron chi connectivity index (χ2n) is 5.66. The molecule has 0 aromatic heterocycles. The topological polar surface area (TPSA) is 60.8 Å². The van der Waals surface area contributed by atoms with Crippen molar-refractivity contribution in [1.29, 1.82) is 0 Å². The molecule has 0 radical (unpaired) electrons. The van der Waals surface area contributed by atoms with Crippen molar-refractivity contribution in [2.45, 2.75) is 50.3 Å². The lowest BCUT2D eigenvalue weighted by atomic mass is 9.99. The largest absolute Gasteiger partial charge is 0.508 e. The van der Waals surface area contributed by atoms with Crippen LogP contribution in [0.1, 0.15) is 31.2 Å². The van der Waals surface area contributed by atoms with E-state index in [9.17, 15) is 15.0 Å². The Morgan fingerprint density at radius 2 is 1.95 bits per heavy atom. The summed E-state index contributed by atoms with van der Waals surface area (Å²) in [5.41, 5.74) is 0.843. The maximum Gasteiger partial charge on any atom is 0.227 e. The Bertz CT molecular complexity index is 474. The maximum absolute atomic E-state index is 12.4. The number of phenols is 1. The van der Waals surface area contributed by atoms with Crippen LogP contribution in [0.25, 0.3) is 0 Å². The van der Waals surface area contributed by atoms with Crippen molar-refractivity contribution in [3.63, 3.8) is 0 Å².